The summed E-state index contributed by atoms with van der Waals surface area (Å²) >= 11 is 1.84. The van der Waals surface area contributed by atoms with Crippen LogP contribution in [0.1, 0.15) is 33.6 Å². The molecule has 0 atom stereocenters. The molecule has 10 nitrogen and oxygen atoms in total. The smallest absolute Gasteiger partial charge is 0.398 e. The summed E-state index contributed by atoms with van der Waals surface area (Å²) in [5, 5.41) is 0. The molecule has 0 saturated carbocycles. The van der Waals surface area contributed by atoms with Crippen LogP contribution >= 0.6 is 22.6 Å². The number of ketones is 1. The fourth-order valence-electron chi connectivity index (χ4n) is 2.22. The van der Waals surface area contributed by atoms with E-state index in [1.54, 1.807) is 0 Å². The zero-order chi connectivity index (χ0) is 19.0. The van der Waals surface area contributed by atoms with E-state index in [-0.39, 0.29) is 27.0 Å². The van der Waals surface area contributed by atoms with Crippen molar-refractivity contribution in [2.24, 2.45) is 0 Å². The number of quaternary nitrogens is 1. The number of carbonyl (C=O) groups excluding carboxylic acids is 4. The van der Waals surface area contributed by atoms with Gasteiger partial charge in [-0.05, 0) is 12.1 Å². The number of nitrogens with zero attached hydrogens (tertiary/aromatic N) is 1. The Morgan fingerprint density at radius 2 is 1.80 bits per heavy atom. The van der Waals surface area contributed by atoms with Crippen molar-refractivity contribution < 1.29 is 41.0 Å². The van der Waals surface area contributed by atoms with E-state index in [2.05, 4.69) is 4.84 Å². The van der Waals surface area contributed by atoms with Crippen LogP contribution in [0.4, 0.5) is 5.69 Å². The summed E-state index contributed by atoms with van der Waals surface area (Å²) in [6, 6.07) is 3.55. The lowest BCUT2D eigenvalue weighted by Gasteiger charge is -2.20. The lowest BCUT2D eigenvalue weighted by Crippen LogP contribution is -2.57. The van der Waals surface area contributed by atoms with E-state index in [9.17, 15) is 32.1 Å². The molecule has 2 amide bonds. The first-order valence-corrected chi connectivity index (χ1v) is 9.63. The molecule has 1 saturated heterocycles. The zero-order valence-electron chi connectivity index (χ0n) is 12.5. The second-order valence-electron chi connectivity index (χ2n) is 5.02. The highest BCUT2D eigenvalue weighted by Gasteiger charge is 2.65. The third kappa shape index (κ3) is 3.29. The Morgan fingerprint density at radius 1 is 1.24 bits per heavy atom. The predicted molar refractivity (Wildman–Crippen MR) is 90.5 cm³/mol. The lowest BCUT2D eigenvalue weighted by atomic mass is 10.1. The van der Waals surface area contributed by atoms with E-state index in [1.165, 1.54) is 12.1 Å². The summed E-state index contributed by atoms with van der Waals surface area (Å²) in [4.78, 5) is 52.1. The second kappa shape index (κ2) is 6.78. The maximum Gasteiger partial charge on any atom is 0.488 e. The molecule has 0 bridgehead atoms. The van der Waals surface area contributed by atoms with Gasteiger partial charge in [0.2, 0.25) is 0 Å². The van der Waals surface area contributed by atoms with Gasteiger partial charge >= 0.3 is 28.1 Å². The monoisotopic (exact) mass is 483 g/mol. The fraction of sp³-hybridized carbons (Fsp3) is 0.231. The van der Waals surface area contributed by atoms with Crippen LogP contribution in [0.5, 0.6) is 0 Å². The van der Waals surface area contributed by atoms with Crippen molar-refractivity contribution in [3.63, 3.8) is 0 Å². The standard InChI is InChI=1S/C13H11IN2O8S/c14-6-10(17)7-1-2-8(9(15)5-7)13(20)24-16(25(21,22)23)11(18)3-4-12(16)19/h1-2,5H,3-4,6H2,(H2-,15,20,21,22,23)/p+1. The van der Waals surface area contributed by atoms with E-state index in [4.69, 9.17) is 5.73 Å². The largest absolute Gasteiger partial charge is 0.488 e. The fourth-order valence-corrected chi connectivity index (χ4v) is 3.52. The summed E-state index contributed by atoms with van der Waals surface area (Å²) < 4.78 is 30.1. The Hall–Kier alpha value is -1.90. The van der Waals surface area contributed by atoms with E-state index in [1.807, 2.05) is 22.6 Å². The van der Waals surface area contributed by atoms with Crippen molar-refractivity contribution in [1.82, 2.24) is 0 Å². The van der Waals surface area contributed by atoms with Gasteiger partial charge in [0.15, 0.2) is 5.78 Å². The molecule has 1 heterocycles. The number of amides is 2. The summed E-state index contributed by atoms with van der Waals surface area (Å²) in [7, 11) is -5.40. The van der Waals surface area contributed by atoms with Crippen molar-refractivity contribution in [3.8, 4) is 0 Å². The van der Waals surface area contributed by atoms with Crippen LogP contribution in [0.15, 0.2) is 18.2 Å². The van der Waals surface area contributed by atoms with Gasteiger partial charge in [-0.1, -0.05) is 28.7 Å². The minimum Gasteiger partial charge on any atom is -0.398 e. The Kier molecular flexibility index (Phi) is 5.27. The molecule has 2 rings (SSSR count). The first-order valence-electron chi connectivity index (χ1n) is 6.70. The average molecular weight is 483 g/mol. The molecule has 3 N–H and O–H groups in total. The van der Waals surface area contributed by atoms with Gasteiger partial charge in [0, 0.05) is 11.3 Å². The van der Waals surface area contributed by atoms with E-state index in [0.29, 0.717) is 0 Å². The number of hydroxylamine groups is 2. The maximum absolute atomic E-state index is 12.2. The number of nitrogen functional groups attached to an aromatic ring is 1. The van der Waals surface area contributed by atoms with Gasteiger partial charge < -0.3 is 5.73 Å². The molecule has 134 valence electrons. The van der Waals surface area contributed by atoms with Crippen molar-refractivity contribution >= 4 is 62.1 Å². The number of Topliss-reactive ketones (excluding diaryl/α,β-unsaturated/α-hetero) is 1. The molecule has 1 aromatic carbocycles. The number of carbonyl (C=O) groups is 4. The van der Waals surface area contributed by atoms with Crippen LogP contribution in [0.2, 0.25) is 0 Å². The van der Waals surface area contributed by atoms with E-state index >= 15 is 0 Å². The topological polar surface area (TPSA) is 158 Å². The van der Waals surface area contributed by atoms with Crippen molar-refractivity contribution in [2.45, 2.75) is 12.8 Å². The molecule has 1 fully saturated rings. The highest BCUT2D eigenvalue weighted by atomic mass is 127. The summed E-state index contributed by atoms with van der Waals surface area (Å²) in [6.07, 6.45) is -1.02. The first kappa shape index (κ1) is 19.4. The normalized spacial score (nSPS) is 16.7. The average Bonchev–Trinajstić information content (AvgIpc) is 2.82. The van der Waals surface area contributed by atoms with Gasteiger partial charge in [-0.2, -0.15) is 0 Å². The summed E-state index contributed by atoms with van der Waals surface area (Å²) in [5.41, 5.74) is 5.31. The van der Waals surface area contributed by atoms with Crippen molar-refractivity contribution in [2.75, 3.05) is 10.2 Å². The Balaban J connectivity index is 2.43. The van der Waals surface area contributed by atoms with Crippen LogP contribution in [0.3, 0.4) is 0 Å². The number of hydrogen-bond donors (Lipinski definition) is 2. The molecule has 0 spiro atoms. The van der Waals surface area contributed by atoms with Crippen LogP contribution in [0.25, 0.3) is 0 Å². The first-order chi connectivity index (χ1) is 11.5. The number of hydrogen-bond acceptors (Lipinski definition) is 8. The highest BCUT2D eigenvalue weighted by molar-refractivity contribution is 14.1. The predicted octanol–water partition coefficient (Wildman–Crippen LogP) is 0.425. The molecule has 0 unspecified atom stereocenters. The molecule has 25 heavy (non-hydrogen) atoms. The molecule has 1 aliphatic rings. The molecule has 0 radical (unpaired) electrons. The number of rotatable bonds is 5. The summed E-state index contributed by atoms with van der Waals surface area (Å²) in [5.74, 6) is -4.25. The number of benzene rings is 1. The molecule has 0 aliphatic carbocycles. The molecule has 1 aromatic rings. The van der Waals surface area contributed by atoms with Crippen LogP contribution in [0, 0.1) is 0 Å². The van der Waals surface area contributed by atoms with E-state index in [0.717, 1.165) is 6.07 Å². The molecule has 1 aliphatic heterocycles. The number of alkyl halides is 1. The number of nitrogens with two attached hydrogens (primary N) is 1. The number of imide groups is 1. The minimum absolute atomic E-state index is 0.173. The maximum atomic E-state index is 12.2. The van der Waals surface area contributed by atoms with Crippen LogP contribution in [-0.4, -0.2) is 45.0 Å². The zero-order valence-corrected chi connectivity index (χ0v) is 15.4. The summed E-state index contributed by atoms with van der Waals surface area (Å²) in [6.45, 7) is 0. The molecular formula is C13H12IN2O8S+. The van der Waals surface area contributed by atoms with Gasteiger partial charge in [-0.15, -0.1) is 8.42 Å². The lowest BCUT2D eigenvalue weighted by molar-refractivity contribution is -0.852. The molecular weight excluding hydrogens is 471 g/mol. The minimum atomic E-state index is -5.40. The van der Waals surface area contributed by atoms with Gasteiger partial charge in [-0.3, -0.25) is 4.79 Å². The third-order valence-electron chi connectivity index (χ3n) is 3.46. The van der Waals surface area contributed by atoms with Crippen molar-refractivity contribution in [3.05, 3.63) is 29.3 Å². The van der Waals surface area contributed by atoms with Crippen molar-refractivity contribution in [1.29, 1.82) is 0 Å². The quantitative estimate of drug-likeness (QED) is 0.115. The number of anilines is 1. The van der Waals surface area contributed by atoms with Crippen LogP contribution < -0.4 is 5.73 Å². The van der Waals surface area contributed by atoms with E-state index < -0.39 is 45.0 Å². The van der Waals surface area contributed by atoms with Crippen LogP contribution in [-0.2, 0) is 24.7 Å². The highest BCUT2D eigenvalue weighted by Crippen LogP contribution is 2.30. The molecule has 0 aromatic heterocycles. The van der Waals surface area contributed by atoms with Gasteiger partial charge in [-0.25, -0.2) is 23.8 Å². The SMILES string of the molecule is Nc1cc(C(=O)CI)ccc1C(=O)O[N+]1(S(=O)(=O)O)C(=O)CCC1=O. The van der Waals surface area contributed by atoms with Gasteiger partial charge in [0.25, 0.3) is 0 Å². The molecule has 12 heteroatoms. The number of halogens is 1. The van der Waals surface area contributed by atoms with Gasteiger partial charge in [0.1, 0.15) is 4.05 Å². The Morgan fingerprint density at radius 3 is 2.24 bits per heavy atom. The third-order valence-corrected chi connectivity index (χ3v) is 5.29. The Labute approximate surface area is 155 Å². The second-order valence-corrected chi connectivity index (χ2v) is 7.20. The van der Waals surface area contributed by atoms with Gasteiger partial charge in [0.05, 0.1) is 22.8 Å². The Bertz CT molecular complexity index is 879.